The van der Waals surface area contributed by atoms with Crippen molar-refractivity contribution in [3.8, 4) is 11.4 Å². The van der Waals surface area contributed by atoms with Crippen molar-refractivity contribution in [1.82, 2.24) is 59.0 Å². The van der Waals surface area contributed by atoms with E-state index in [1.165, 1.54) is 0 Å². The molecule has 6 aromatic heterocycles. The van der Waals surface area contributed by atoms with Gasteiger partial charge in [-0.2, -0.15) is 9.97 Å². The summed E-state index contributed by atoms with van der Waals surface area (Å²) < 4.78 is 37.7. The third kappa shape index (κ3) is 11.0. The van der Waals surface area contributed by atoms with Crippen molar-refractivity contribution in [2.24, 2.45) is 11.8 Å². The Bertz CT molecular complexity index is 2550. The number of hydrogen-bond donors (Lipinski definition) is 2. The standard InChI is InChI=1S/C18H22N8O2.C14H18ClN5O2.C10H16BN3O2.CH4/c19-18-20-7-13(8-21-18)15-23-16(25-2-5-27-6-3-25)14-17(24-15)26(11-22-14)9-12-1-4-28-10-12;15-14-17-12(19-2-5-21-6-3-19)11-13(18-14)20(9-16-11)7-10-1-4-22-8-10;1-9(2)10(3,4)16-11(15-9)7-5-13-8(12)14-6-7;/h7-8,11-12H,1-6,9-10H2,(H2,19,20,21);9-10H,1-8H2;5-6H,1-4H3,(H2,12,13,14);1H4. The van der Waals surface area contributed by atoms with Gasteiger partial charge in [0.2, 0.25) is 17.2 Å². The zero-order valence-electron chi connectivity index (χ0n) is 37.8. The molecule has 0 aliphatic carbocycles. The molecule has 2 atom stereocenters. The lowest BCUT2D eigenvalue weighted by Gasteiger charge is -2.32. The van der Waals surface area contributed by atoms with Crippen LogP contribution in [0.25, 0.3) is 33.7 Å². The van der Waals surface area contributed by atoms with Gasteiger partial charge in [-0.25, -0.2) is 39.9 Å². The van der Waals surface area contributed by atoms with E-state index in [9.17, 15) is 0 Å². The Kier molecular flexibility index (Phi) is 14.9. The molecule has 5 aliphatic rings. The van der Waals surface area contributed by atoms with Gasteiger partial charge in [-0.3, -0.25) is 0 Å². The van der Waals surface area contributed by atoms with E-state index in [0.29, 0.717) is 44.1 Å². The number of nitrogen functional groups attached to an aromatic ring is 2. The Hall–Kier alpha value is -5.43. The average Bonchev–Trinajstić information content (AvgIpc) is 4.19. The lowest BCUT2D eigenvalue weighted by molar-refractivity contribution is 0.00578. The molecule has 358 valence electrons. The van der Waals surface area contributed by atoms with Gasteiger partial charge >= 0.3 is 7.12 Å². The zero-order valence-corrected chi connectivity index (χ0v) is 38.5. The molecule has 0 bridgehead atoms. The first kappa shape index (κ1) is 48.0. The van der Waals surface area contributed by atoms with Crippen LogP contribution in [0.5, 0.6) is 0 Å². The largest absolute Gasteiger partial charge is 0.498 e. The highest BCUT2D eigenvalue weighted by atomic mass is 35.5. The van der Waals surface area contributed by atoms with Gasteiger partial charge < -0.3 is 58.7 Å². The molecule has 0 amide bonds. The lowest BCUT2D eigenvalue weighted by atomic mass is 9.81. The van der Waals surface area contributed by atoms with Gasteiger partial charge in [0.15, 0.2) is 39.8 Å². The Morgan fingerprint density at radius 3 is 1.55 bits per heavy atom. The number of ether oxygens (including phenoxy) is 4. The summed E-state index contributed by atoms with van der Waals surface area (Å²) >= 11 is 6.14. The molecule has 6 aromatic rings. The first-order chi connectivity index (χ1) is 31.9. The molecule has 0 spiro atoms. The molecule has 24 heteroatoms. The molecule has 0 saturated carbocycles. The van der Waals surface area contributed by atoms with Gasteiger partial charge in [0.1, 0.15) is 0 Å². The highest BCUT2D eigenvalue weighted by Crippen LogP contribution is 2.36. The van der Waals surface area contributed by atoms with E-state index in [1.807, 2.05) is 40.3 Å². The van der Waals surface area contributed by atoms with Crippen molar-refractivity contribution in [3.05, 3.63) is 42.7 Å². The number of hydrogen-bond acceptors (Lipinski definition) is 20. The van der Waals surface area contributed by atoms with E-state index in [-0.39, 0.29) is 35.8 Å². The monoisotopic (exact) mass is 942 g/mol. The molecule has 22 nitrogen and oxygen atoms in total. The van der Waals surface area contributed by atoms with Gasteiger partial charge in [0.05, 0.1) is 69.1 Å². The van der Waals surface area contributed by atoms with E-state index in [2.05, 4.69) is 58.8 Å². The number of aromatic nitrogens is 12. The molecule has 11 rings (SSSR count). The Morgan fingerprint density at radius 2 is 1.07 bits per heavy atom. The Balaban J connectivity index is 0.000000141. The van der Waals surface area contributed by atoms with E-state index < -0.39 is 7.12 Å². The molecule has 67 heavy (non-hydrogen) atoms. The highest BCUT2D eigenvalue weighted by molar-refractivity contribution is 6.61. The minimum atomic E-state index is -0.425. The topological polar surface area (TPSA) is 253 Å². The molecule has 0 aromatic carbocycles. The Labute approximate surface area is 394 Å². The van der Waals surface area contributed by atoms with Gasteiger partial charge in [-0.1, -0.05) is 7.43 Å². The summed E-state index contributed by atoms with van der Waals surface area (Å²) in [6.45, 7) is 18.8. The minimum Gasteiger partial charge on any atom is -0.399 e. The molecule has 11 heterocycles. The van der Waals surface area contributed by atoms with Crippen molar-refractivity contribution in [2.45, 2.75) is 72.3 Å². The van der Waals surface area contributed by atoms with Gasteiger partial charge in [-0.15, -0.1) is 0 Å². The van der Waals surface area contributed by atoms with E-state index in [4.69, 9.17) is 61.3 Å². The molecule has 5 saturated heterocycles. The maximum absolute atomic E-state index is 6.14. The van der Waals surface area contributed by atoms with Gasteiger partial charge in [0.25, 0.3) is 0 Å². The van der Waals surface area contributed by atoms with E-state index in [1.54, 1.807) is 24.8 Å². The first-order valence-corrected chi connectivity index (χ1v) is 22.7. The summed E-state index contributed by atoms with van der Waals surface area (Å²) in [7, 11) is -0.425. The summed E-state index contributed by atoms with van der Waals surface area (Å²) in [5.74, 6) is 3.66. The predicted octanol–water partition coefficient (Wildman–Crippen LogP) is 3.09. The van der Waals surface area contributed by atoms with Crippen LogP contribution in [0.15, 0.2) is 37.4 Å². The molecule has 0 radical (unpaired) electrons. The highest BCUT2D eigenvalue weighted by Gasteiger charge is 2.52. The zero-order chi connectivity index (χ0) is 45.8. The molecule has 4 N–H and O–H groups in total. The van der Waals surface area contributed by atoms with Crippen molar-refractivity contribution in [3.63, 3.8) is 0 Å². The summed E-state index contributed by atoms with van der Waals surface area (Å²) in [6.07, 6.45) is 12.4. The van der Waals surface area contributed by atoms with Crippen molar-refractivity contribution >= 4 is 70.0 Å². The van der Waals surface area contributed by atoms with Crippen LogP contribution in [0.1, 0.15) is 48.0 Å². The predicted molar refractivity (Wildman–Crippen MR) is 254 cm³/mol. The van der Waals surface area contributed by atoms with Crippen LogP contribution in [0.2, 0.25) is 5.28 Å². The molecule has 5 fully saturated rings. The quantitative estimate of drug-likeness (QED) is 0.164. The fraction of sp³-hybridized carbons (Fsp3) is 0.581. The summed E-state index contributed by atoms with van der Waals surface area (Å²) in [6, 6.07) is 0. The number of imidazole rings is 2. The fourth-order valence-electron chi connectivity index (χ4n) is 8.13. The molecule has 5 aliphatic heterocycles. The summed E-state index contributed by atoms with van der Waals surface area (Å²) in [4.78, 5) is 48.0. The summed E-state index contributed by atoms with van der Waals surface area (Å²) in [5, 5.41) is 0.262. The van der Waals surface area contributed by atoms with Crippen LogP contribution in [0.4, 0.5) is 23.5 Å². The van der Waals surface area contributed by atoms with Crippen LogP contribution in [0, 0.1) is 11.8 Å². The van der Waals surface area contributed by atoms with Crippen LogP contribution < -0.4 is 26.7 Å². The number of halogens is 1. The first-order valence-electron chi connectivity index (χ1n) is 22.3. The lowest BCUT2D eigenvalue weighted by Crippen LogP contribution is -2.41. The molecular weight excluding hydrogens is 883 g/mol. The van der Waals surface area contributed by atoms with Gasteiger partial charge in [0, 0.05) is 94.6 Å². The van der Waals surface area contributed by atoms with Crippen molar-refractivity contribution in [2.75, 3.05) is 100 Å². The maximum Gasteiger partial charge on any atom is 0.498 e. The molecular formula is C43H60BClN16O6. The number of rotatable bonds is 8. The van der Waals surface area contributed by atoms with E-state index in [0.717, 1.165) is 124 Å². The normalized spacial score (nSPS) is 21.2. The van der Waals surface area contributed by atoms with E-state index >= 15 is 0 Å². The number of anilines is 4. The third-order valence-electron chi connectivity index (χ3n) is 12.6. The number of fused-ring (bicyclic) bond motifs is 2. The van der Waals surface area contributed by atoms with Crippen LogP contribution in [-0.4, -0.2) is 156 Å². The Morgan fingerprint density at radius 1 is 0.612 bits per heavy atom. The van der Waals surface area contributed by atoms with Crippen molar-refractivity contribution in [1.29, 1.82) is 0 Å². The smallest absolute Gasteiger partial charge is 0.399 e. The third-order valence-corrected chi connectivity index (χ3v) is 12.8. The number of morpholine rings is 2. The second-order valence-corrected chi connectivity index (χ2v) is 18.1. The average molecular weight is 943 g/mol. The SMILES string of the molecule is C.CC1(C)OB(c2cnc(N)nc2)OC1(C)C.Clc1nc(N2CCOCC2)c2ncn(CC3CCOC3)c2n1.Nc1ncc(-c2nc(N3CCOCC3)c3ncn(CC4CCOC4)c3n2)cn1. The summed E-state index contributed by atoms with van der Waals surface area (Å²) in [5.41, 5.74) is 15.1. The van der Waals surface area contributed by atoms with Crippen molar-refractivity contribution < 1.29 is 28.3 Å². The maximum atomic E-state index is 6.14. The second-order valence-electron chi connectivity index (χ2n) is 17.8. The van der Waals surface area contributed by atoms with Crippen LogP contribution in [0.3, 0.4) is 0 Å². The van der Waals surface area contributed by atoms with Crippen LogP contribution >= 0.6 is 11.6 Å². The fourth-order valence-corrected chi connectivity index (χ4v) is 8.29. The van der Waals surface area contributed by atoms with Gasteiger partial charge in [-0.05, 0) is 52.1 Å². The number of nitrogens with zero attached hydrogens (tertiary/aromatic N) is 14. The minimum absolute atomic E-state index is 0. The second kappa shape index (κ2) is 20.8. The molecule has 2 unspecified atom stereocenters. The number of nitrogens with two attached hydrogens (primary N) is 2. The van der Waals surface area contributed by atoms with Crippen LogP contribution in [-0.2, 0) is 41.3 Å².